The molecule has 0 spiro atoms. The van der Waals surface area contributed by atoms with Crippen LogP contribution in [0.4, 0.5) is 0 Å². The lowest BCUT2D eigenvalue weighted by Crippen LogP contribution is -2.29. The van der Waals surface area contributed by atoms with Gasteiger partial charge in [-0.15, -0.1) is 11.3 Å². The summed E-state index contributed by atoms with van der Waals surface area (Å²) < 4.78 is 40.1. The van der Waals surface area contributed by atoms with Crippen molar-refractivity contribution in [1.82, 2.24) is 4.72 Å². The lowest BCUT2D eigenvalue weighted by Gasteiger charge is -2.21. The predicted molar refractivity (Wildman–Crippen MR) is 110 cm³/mol. The Morgan fingerprint density at radius 3 is 2.46 bits per heavy atom. The normalized spacial score (nSPS) is 14.6. The molecule has 3 aromatic rings. The van der Waals surface area contributed by atoms with Crippen LogP contribution in [0.2, 0.25) is 0 Å². The molecule has 2 heterocycles. The highest BCUT2D eigenvalue weighted by atomic mass is 32.2. The fraction of sp³-hybridized carbons (Fsp3) is 0.238. The van der Waals surface area contributed by atoms with Gasteiger partial charge < -0.3 is 9.47 Å². The number of sulfonamides is 1. The molecule has 2 aromatic carbocycles. The van der Waals surface area contributed by atoms with Gasteiger partial charge in [-0.05, 0) is 41.1 Å². The smallest absolute Gasteiger partial charge is 0.241 e. The van der Waals surface area contributed by atoms with E-state index in [1.807, 2.05) is 41.8 Å². The van der Waals surface area contributed by atoms with E-state index < -0.39 is 16.1 Å². The zero-order valence-electron chi connectivity index (χ0n) is 15.4. The Balaban J connectivity index is 1.67. The first-order chi connectivity index (χ1) is 13.6. The number of fused-ring (bicyclic) bond motifs is 1. The van der Waals surface area contributed by atoms with Crippen LogP contribution in [-0.2, 0) is 16.4 Å². The van der Waals surface area contributed by atoms with Crippen LogP contribution < -0.4 is 14.2 Å². The average Bonchev–Trinajstić information content (AvgIpc) is 3.26. The third-order valence-electron chi connectivity index (χ3n) is 4.65. The average molecular weight is 416 g/mol. The fourth-order valence-electron chi connectivity index (χ4n) is 3.11. The molecule has 0 bridgehead atoms. The second-order valence-corrected chi connectivity index (χ2v) is 9.16. The molecule has 0 saturated heterocycles. The maximum Gasteiger partial charge on any atom is 0.241 e. The summed E-state index contributed by atoms with van der Waals surface area (Å²) in [5, 5.41) is 1.95. The number of hydrogen-bond donors (Lipinski definition) is 1. The quantitative estimate of drug-likeness (QED) is 0.657. The lowest BCUT2D eigenvalue weighted by molar-refractivity contribution is 0.171. The van der Waals surface area contributed by atoms with Gasteiger partial charge in [0.15, 0.2) is 11.5 Å². The van der Waals surface area contributed by atoms with Crippen molar-refractivity contribution in [3.05, 3.63) is 76.0 Å². The van der Waals surface area contributed by atoms with Crippen molar-refractivity contribution in [2.45, 2.75) is 24.3 Å². The van der Waals surface area contributed by atoms with E-state index in [9.17, 15) is 8.42 Å². The number of aryl methyl sites for hydroxylation is 1. The highest BCUT2D eigenvalue weighted by molar-refractivity contribution is 7.89. The maximum atomic E-state index is 13.1. The van der Waals surface area contributed by atoms with Crippen LogP contribution in [0, 0.1) is 0 Å². The first kappa shape index (κ1) is 19.0. The number of nitrogens with one attached hydrogen (secondary N) is 1. The Labute approximate surface area is 169 Å². The SMILES string of the molecule is CCc1ccc([C@H](NS(=O)(=O)c2ccc3c(c2)OCCO3)c2cccs2)cc1. The van der Waals surface area contributed by atoms with Gasteiger partial charge in [0.2, 0.25) is 10.0 Å². The molecular weight excluding hydrogens is 394 g/mol. The highest BCUT2D eigenvalue weighted by Gasteiger charge is 2.25. The molecule has 1 aromatic heterocycles. The van der Waals surface area contributed by atoms with E-state index >= 15 is 0 Å². The zero-order valence-corrected chi connectivity index (χ0v) is 17.1. The van der Waals surface area contributed by atoms with Crippen molar-refractivity contribution < 1.29 is 17.9 Å². The summed E-state index contributed by atoms with van der Waals surface area (Å²) in [4.78, 5) is 1.09. The number of hydrogen-bond acceptors (Lipinski definition) is 5. The van der Waals surface area contributed by atoms with Gasteiger partial charge in [0.1, 0.15) is 13.2 Å². The molecule has 0 aliphatic carbocycles. The van der Waals surface area contributed by atoms with Gasteiger partial charge in [0.05, 0.1) is 10.9 Å². The second-order valence-electron chi connectivity index (χ2n) is 6.47. The summed E-state index contributed by atoms with van der Waals surface area (Å²) in [5.74, 6) is 1.02. The van der Waals surface area contributed by atoms with E-state index in [0.29, 0.717) is 24.7 Å². The van der Waals surface area contributed by atoms with Crippen LogP contribution in [0.1, 0.15) is 29.0 Å². The Hall–Kier alpha value is -2.35. The number of rotatable bonds is 6. The molecular formula is C21H21NO4S2. The summed E-state index contributed by atoms with van der Waals surface area (Å²) in [5.41, 5.74) is 2.11. The molecule has 5 nitrogen and oxygen atoms in total. The van der Waals surface area contributed by atoms with E-state index in [0.717, 1.165) is 16.9 Å². The molecule has 4 rings (SSSR count). The number of ether oxygens (including phenoxy) is 2. The summed E-state index contributed by atoms with van der Waals surface area (Å²) in [6, 6.07) is 16.1. The van der Waals surface area contributed by atoms with Crippen LogP contribution in [-0.4, -0.2) is 21.6 Å². The van der Waals surface area contributed by atoms with Gasteiger partial charge in [-0.1, -0.05) is 37.3 Å². The van der Waals surface area contributed by atoms with Gasteiger partial charge >= 0.3 is 0 Å². The van der Waals surface area contributed by atoms with E-state index in [1.165, 1.54) is 23.0 Å². The van der Waals surface area contributed by atoms with E-state index in [-0.39, 0.29) is 4.90 Å². The molecule has 1 N–H and O–H groups in total. The van der Waals surface area contributed by atoms with Gasteiger partial charge in [0, 0.05) is 10.9 Å². The molecule has 1 atom stereocenters. The number of thiophene rings is 1. The molecule has 7 heteroatoms. The summed E-state index contributed by atoms with van der Waals surface area (Å²) in [7, 11) is -3.76. The third kappa shape index (κ3) is 3.92. The largest absolute Gasteiger partial charge is 0.486 e. The highest BCUT2D eigenvalue weighted by Crippen LogP contribution is 2.33. The monoisotopic (exact) mass is 415 g/mol. The topological polar surface area (TPSA) is 64.6 Å². The molecule has 1 aliphatic heterocycles. The first-order valence-electron chi connectivity index (χ1n) is 9.11. The molecule has 0 radical (unpaired) electrons. The maximum absolute atomic E-state index is 13.1. The fourth-order valence-corrected chi connectivity index (χ4v) is 5.20. The molecule has 0 unspecified atom stereocenters. The molecule has 0 saturated carbocycles. The number of benzene rings is 2. The summed E-state index contributed by atoms with van der Waals surface area (Å²) >= 11 is 1.52. The van der Waals surface area contributed by atoms with Crippen LogP contribution in [0.5, 0.6) is 11.5 Å². The van der Waals surface area contributed by atoms with Crippen LogP contribution >= 0.6 is 11.3 Å². The van der Waals surface area contributed by atoms with Crippen LogP contribution in [0.25, 0.3) is 0 Å². The van der Waals surface area contributed by atoms with Crippen LogP contribution in [0.15, 0.2) is 64.9 Å². The first-order valence-corrected chi connectivity index (χ1v) is 11.5. The van der Waals surface area contributed by atoms with Gasteiger partial charge in [-0.2, -0.15) is 4.72 Å². The van der Waals surface area contributed by atoms with Crippen molar-refractivity contribution in [1.29, 1.82) is 0 Å². The predicted octanol–water partition coefficient (Wildman–Crippen LogP) is 4.15. The standard InChI is InChI=1S/C21H21NO4S2/c1-2-15-5-7-16(8-6-15)21(20-4-3-13-27-20)22-28(23,24)17-9-10-18-19(14-17)26-12-11-25-18/h3-10,13-14,21-22H,2,11-12H2,1H3/t21-/m0/s1. The molecule has 28 heavy (non-hydrogen) atoms. The summed E-state index contributed by atoms with van der Waals surface area (Å²) in [6.07, 6.45) is 0.937. The Morgan fingerprint density at radius 1 is 1.04 bits per heavy atom. The second kappa shape index (κ2) is 7.95. The molecule has 1 aliphatic rings. The zero-order chi connectivity index (χ0) is 19.6. The Morgan fingerprint density at radius 2 is 1.79 bits per heavy atom. The lowest BCUT2D eigenvalue weighted by atomic mass is 10.0. The minimum absolute atomic E-state index is 0.156. The minimum atomic E-state index is -3.76. The molecule has 146 valence electrons. The Kier molecular flexibility index (Phi) is 5.39. The Bertz CT molecular complexity index is 1040. The minimum Gasteiger partial charge on any atom is -0.486 e. The van der Waals surface area contributed by atoms with Gasteiger partial charge in [-0.3, -0.25) is 0 Å². The third-order valence-corrected chi connectivity index (χ3v) is 7.00. The van der Waals surface area contributed by atoms with E-state index in [2.05, 4.69) is 11.6 Å². The summed E-state index contributed by atoms with van der Waals surface area (Å²) in [6.45, 7) is 2.97. The van der Waals surface area contributed by atoms with Crippen molar-refractivity contribution in [2.24, 2.45) is 0 Å². The van der Waals surface area contributed by atoms with Gasteiger partial charge in [0.25, 0.3) is 0 Å². The van der Waals surface area contributed by atoms with Crippen LogP contribution in [0.3, 0.4) is 0 Å². The van der Waals surface area contributed by atoms with Crippen molar-refractivity contribution >= 4 is 21.4 Å². The van der Waals surface area contributed by atoms with Crippen molar-refractivity contribution in [2.75, 3.05) is 13.2 Å². The van der Waals surface area contributed by atoms with Crippen molar-refractivity contribution in [3.8, 4) is 11.5 Å². The van der Waals surface area contributed by atoms with E-state index in [1.54, 1.807) is 12.1 Å². The van der Waals surface area contributed by atoms with Gasteiger partial charge in [-0.25, -0.2) is 8.42 Å². The van der Waals surface area contributed by atoms with Crippen molar-refractivity contribution in [3.63, 3.8) is 0 Å². The molecule has 0 amide bonds. The molecule has 0 fully saturated rings. The van der Waals surface area contributed by atoms with E-state index in [4.69, 9.17) is 9.47 Å².